The van der Waals surface area contributed by atoms with Gasteiger partial charge >= 0.3 is 6.61 Å². The molecule has 156 valence electrons. The van der Waals surface area contributed by atoms with Gasteiger partial charge in [0.25, 0.3) is 0 Å². The maximum absolute atomic E-state index is 12.5. The number of ether oxygens (including phenoxy) is 1. The molecule has 0 radical (unpaired) electrons. The molecule has 2 aromatic carbocycles. The summed E-state index contributed by atoms with van der Waals surface area (Å²) in [5.74, 6) is -0.469. The number of carbonyl (C=O) groups is 1. The van der Waals surface area contributed by atoms with Crippen molar-refractivity contribution in [1.82, 2.24) is 9.62 Å². The molecule has 0 saturated heterocycles. The second-order valence-corrected chi connectivity index (χ2v) is 9.11. The van der Waals surface area contributed by atoms with Gasteiger partial charge in [0.1, 0.15) is 5.75 Å². The zero-order valence-corrected chi connectivity index (χ0v) is 18.0. The van der Waals surface area contributed by atoms with Gasteiger partial charge in [-0.1, -0.05) is 28.1 Å². The molecule has 6 nitrogen and oxygen atoms in total. The van der Waals surface area contributed by atoms with Gasteiger partial charge in [0, 0.05) is 36.8 Å². The zero-order valence-electron chi connectivity index (χ0n) is 15.6. The number of alkyl halides is 2. The van der Waals surface area contributed by atoms with E-state index in [-0.39, 0.29) is 17.2 Å². The van der Waals surface area contributed by atoms with E-state index in [2.05, 4.69) is 26.0 Å². The molecule has 0 aliphatic rings. The Labute approximate surface area is 176 Å². The average Bonchev–Trinajstić information content (AvgIpc) is 2.66. The van der Waals surface area contributed by atoms with Gasteiger partial charge < -0.3 is 10.1 Å². The molecule has 0 heterocycles. The van der Waals surface area contributed by atoms with Crippen molar-refractivity contribution in [3.63, 3.8) is 0 Å². The number of amides is 1. The van der Waals surface area contributed by atoms with Crippen LogP contribution in [-0.2, 0) is 21.4 Å². The normalized spacial score (nSPS) is 12.0. The maximum Gasteiger partial charge on any atom is 0.387 e. The van der Waals surface area contributed by atoms with E-state index >= 15 is 0 Å². The predicted molar refractivity (Wildman–Crippen MR) is 109 cm³/mol. The second kappa shape index (κ2) is 9.95. The molecule has 0 atom stereocenters. The third kappa shape index (κ3) is 6.62. The SMILES string of the molecule is CN(C)S(=O)(=O)c1ccc(/C=C/C(=O)NCc2cc(Br)ccc2OC(F)F)cc1. The fourth-order valence-electron chi connectivity index (χ4n) is 2.27. The highest BCUT2D eigenvalue weighted by atomic mass is 79.9. The first-order chi connectivity index (χ1) is 13.6. The fraction of sp³-hybridized carbons (Fsp3) is 0.211. The molecule has 1 N–H and O–H groups in total. The van der Waals surface area contributed by atoms with Gasteiger partial charge in [-0.05, 0) is 42.0 Å². The van der Waals surface area contributed by atoms with Crippen LogP contribution in [0.4, 0.5) is 8.78 Å². The summed E-state index contributed by atoms with van der Waals surface area (Å²) in [5.41, 5.74) is 1.02. The number of carbonyl (C=O) groups excluding carboxylic acids is 1. The first kappa shape index (κ1) is 23.0. The van der Waals surface area contributed by atoms with Crippen LogP contribution in [0.25, 0.3) is 6.08 Å². The van der Waals surface area contributed by atoms with Gasteiger partial charge in [-0.25, -0.2) is 12.7 Å². The van der Waals surface area contributed by atoms with E-state index in [1.165, 1.54) is 44.4 Å². The molecule has 0 unspecified atom stereocenters. The number of benzene rings is 2. The number of sulfonamides is 1. The summed E-state index contributed by atoms with van der Waals surface area (Å²) in [4.78, 5) is 12.2. The van der Waals surface area contributed by atoms with Crippen molar-refractivity contribution in [3.8, 4) is 5.75 Å². The summed E-state index contributed by atoms with van der Waals surface area (Å²) in [5, 5.41) is 2.59. The van der Waals surface area contributed by atoms with Crippen LogP contribution < -0.4 is 10.1 Å². The van der Waals surface area contributed by atoms with Gasteiger partial charge in [0.05, 0.1) is 4.90 Å². The molecule has 0 spiro atoms. The highest BCUT2D eigenvalue weighted by Gasteiger charge is 2.16. The molecule has 0 aromatic heterocycles. The highest BCUT2D eigenvalue weighted by molar-refractivity contribution is 9.10. The molecular formula is C19H19BrF2N2O4S. The quantitative estimate of drug-likeness (QED) is 0.575. The Hall–Kier alpha value is -2.30. The minimum Gasteiger partial charge on any atom is -0.434 e. The summed E-state index contributed by atoms with van der Waals surface area (Å²) in [6.07, 6.45) is 2.78. The minimum atomic E-state index is -3.52. The first-order valence-corrected chi connectivity index (χ1v) is 10.5. The molecule has 0 saturated carbocycles. The van der Waals surface area contributed by atoms with E-state index in [4.69, 9.17) is 0 Å². The van der Waals surface area contributed by atoms with E-state index in [0.717, 1.165) is 4.31 Å². The Morgan fingerprint density at radius 1 is 1.21 bits per heavy atom. The molecule has 10 heteroatoms. The van der Waals surface area contributed by atoms with Crippen LogP contribution in [0.15, 0.2) is 57.9 Å². The number of nitrogens with zero attached hydrogens (tertiary/aromatic N) is 1. The lowest BCUT2D eigenvalue weighted by molar-refractivity contribution is -0.116. The molecule has 2 aromatic rings. The Kier molecular flexibility index (Phi) is 7.88. The first-order valence-electron chi connectivity index (χ1n) is 8.31. The van der Waals surface area contributed by atoms with Crippen LogP contribution in [0.5, 0.6) is 5.75 Å². The summed E-state index contributed by atoms with van der Waals surface area (Å²) in [7, 11) is -0.638. The van der Waals surface area contributed by atoms with Crippen molar-refractivity contribution >= 4 is 37.9 Å². The number of halogens is 3. The number of hydrogen-bond donors (Lipinski definition) is 1. The van der Waals surface area contributed by atoms with Crippen LogP contribution in [0.3, 0.4) is 0 Å². The number of rotatable bonds is 8. The van der Waals surface area contributed by atoms with E-state index in [9.17, 15) is 22.0 Å². The molecule has 0 fully saturated rings. The summed E-state index contributed by atoms with van der Waals surface area (Å²) >= 11 is 3.24. The van der Waals surface area contributed by atoms with Crippen LogP contribution in [-0.4, -0.2) is 39.3 Å². The molecule has 0 bridgehead atoms. The summed E-state index contributed by atoms with van der Waals surface area (Å²) in [6.45, 7) is -2.98. The Morgan fingerprint density at radius 3 is 2.45 bits per heavy atom. The average molecular weight is 489 g/mol. The fourth-order valence-corrected chi connectivity index (χ4v) is 3.58. The van der Waals surface area contributed by atoms with Gasteiger partial charge in [0.2, 0.25) is 15.9 Å². The Balaban J connectivity index is 2.01. The van der Waals surface area contributed by atoms with Crippen molar-refractivity contribution in [2.24, 2.45) is 0 Å². The largest absolute Gasteiger partial charge is 0.434 e. The molecule has 0 aliphatic carbocycles. The second-order valence-electron chi connectivity index (χ2n) is 6.04. The Morgan fingerprint density at radius 2 is 1.86 bits per heavy atom. The van der Waals surface area contributed by atoms with Crippen molar-refractivity contribution in [2.45, 2.75) is 18.1 Å². The summed E-state index contributed by atoms with van der Waals surface area (Å²) < 4.78 is 55.2. The van der Waals surface area contributed by atoms with Crippen molar-refractivity contribution in [2.75, 3.05) is 14.1 Å². The minimum absolute atomic E-state index is 0.00924. The van der Waals surface area contributed by atoms with Crippen LogP contribution in [0, 0.1) is 0 Å². The van der Waals surface area contributed by atoms with Crippen molar-refractivity contribution < 1.29 is 26.7 Å². The lowest BCUT2D eigenvalue weighted by Crippen LogP contribution is -2.22. The maximum atomic E-state index is 12.5. The molecular weight excluding hydrogens is 470 g/mol. The molecule has 0 aliphatic heterocycles. The standard InChI is InChI=1S/C19H19BrF2N2O4S/c1-24(2)29(26,27)16-7-3-13(4-8-16)5-10-18(25)23-12-14-11-15(20)6-9-17(14)28-19(21)22/h3-11,19H,12H2,1-2H3,(H,23,25)/b10-5+. The van der Waals surface area contributed by atoms with E-state index in [1.807, 2.05) is 0 Å². The predicted octanol–water partition coefficient (Wildman–Crippen LogP) is 3.63. The number of hydrogen-bond acceptors (Lipinski definition) is 4. The lowest BCUT2D eigenvalue weighted by Gasteiger charge is -2.11. The zero-order chi connectivity index (χ0) is 21.6. The Bertz CT molecular complexity index is 994. The van der Waals surface area contributed by atoms with Crippen molar-refractivity contribution in [3.05, 3.63) is 64.1 Å². The van der Waals surface area contributed by atoms with Gasteiger partial charge in [0.15, 0.2) is 0 Å². The van der Waals surface area contributed by atoms with Crippen LogP contribution >= 0.6 is 15.9 Å². The summed E-state index contributed by atoms with van der Waals surface area (Å²) in [6, 6.07) is 10.6. The monoisotopic (exact) mass is 488 g/mol. The van der Waals surface area contributed by atoms with E-state index in [0.29, 0.717) is 15.6 Å². The van der Waals surface area contributed by atoms with E-state index in [1.54, 1.807) is 24.3 Å². The van der Waals surface area contributed by atoms with Gasteiger partial charge in [-0.2, -0.15) is 8.78 Å². The number of nitrogens with one attached hydrogen (secondary N) is 1. The van der Waals surface area contributed by atoms with Gasteiger partial charge in [-0.3, -0.25) is 4.79 Å². The third-order valence-electron chi connectivity index (χ3n) is 3.78. The molecule has 2 rings (SSSR count). The smallest absolute Gasteiger partial charge is 0.387 e. The van der Waals surface area contributed by atoms with Crippen molar-refractivity contribution in [1.29, 1.82) is 0 Å². The third-order valence-corrected chi connectivity index (χ3v) is 6.10. The molecule has 1 amide bonds. The van der Waals surface area contributed by atoms with Gasteiger partial charge in [-0.15, -0.1) is 0 Å². The van der Waals surface area contributed by atoms with Crippen LogP contribution in [0.2, 0.25) is 0 Å². The highest BCUT2D eigenvalue weighted by Crippen LogP contribution is 2.24. The van der Waals surface area contributed by atoms with Crippen LogP contribution in [0.1, 0.15) is 11.1 Å². The lowest BCUT2D eigenvalue weighted by atomic mass is 10.2. The molecule has 29 heavy (non-hydrogen) atoms. The van der Waals surface area contributed by atoms with E-state index < -0.39 is 22.5 Å². The topological polar surface area (TPSA) is 75.7 Å².